The van der Waals surface area contributed by atoms with Gasteiger partial charge in [-0.1, -0.05) is 0 Å². The lowest BCUT2D eigenvalue weighted by Gasteiger charge is -2.38. The molecule has 0 spiro atoms. The van der Waals surface area contributed by atoms with Crippen LogP contribution in [0, 0.1) is 5.92 Å². The summed E-state index contributed by atoms with van der Waals surface area (Å²) in [5.74, 6) is 0.307. The average molecular weight is 187 g/mol. The zero-order chi connectivity index (χ0) is 9.84. The minimum atomic E-state index is 0.0263. The van der Waals surface area contributed by atoms with Gasteiger partial charge in [0.05, 0.1) is 6.10 Å². The highest BCUT2D eigenvalue weighted by atomic mass is 16.5. The molecule has 1 aliphatic heterocycles. The molecule has 0 aromatic rings. The molecule has 1 N–H and O–H groups in total. The molecule has 1 amide bonds. The van der Waals surface area contributed by atoms with E-state index in [1.807, 2.05) is 13.8 Å². The van der Waals surface area contributed by atoms with Crippen molar-refractivity contribution in [3.8, 4) is 0 Å². The fraction of sp³-hybridized carbons (Fsp3) is 0.889. The molecule has 1 aliphatic rings. The molecule has 0 aromatic carbocycles. The summed E-state index contributed by atoms with van der Waals surface area (Å²) in [5.41, 5.74) is 0. The van der Waals surface area contributed by atoms with E-state index in [4.69, 9.17) is 9.84 Å². The number of nitrogens with zero attached hydrogens (tertiary/aromatic N) is 1. The lowest BCUT2D eigenvalue weighted by atomic mass is 10.0. The number of likely N-dealkylation sites (tertiary alicyclic amines) is 1. The number of carbonyl (C=O) groups excluding carboxylic acids is 1. The Morgan fingerprint density at radius 1 is 1.62 bits per heavy atom. The van der Waals surface area contributed by atoms with Gasteiger partial charge in [-0.05, 0) is 13.8 Å². The van der Waals surface area contributed by atoms with Crippen molar-refractivity contribution < 1.29 is 14.6 Å². The van der Waals surface area contributed by atoms with Gasteiger partial charge in [0.15, 0.2) is 0 Å². The molecule has 1 heterocycles. The van der Waals surface area contributed by atoms with Crippen molar-refractivity contribution in [2.24, 2.45) is 5.92 Å². The van der Waals surface area contributed by atoms with Gasteiger partial charge in [0.1, 0.15) is 6.61 Å². The molecule has 0 atom stereocenters. The molecular weight excluding hydrogens is 170 g/mol. The SMILES string of the molecule is CC(C)OCC(=O)N1CC(CO)C1. The zero-order valence-electron chi connectivity index (χ0n) is 8.19. The van der Waals surface area contributed by atoms with Gasteiger partial charge in [-0.3, -0.25) is 4.79 Å². The van der Waals surface area contributed by atoms with Crippen LogP contribution in [0.4, 0.5) is 0 Å². The van der Waals surface area contributed by atoms with Crippen molar-refractivity contribution >= 4 is 5.91 Å². The zero-order valence-corrected chi connectivity index (χ0v) is 8.19. The Kier molecular flexibility index (Phi) is 3.69. The molecule has 4 heteroatoms. The van der Waals surface area contributed by atoms with Crippen LogP contribution in [0.1, 0.15) is 13.8 Å². The van der Waals surface area contributed by atoms with Crippen LogP contribution in [0.5, 0.6) is 0 Å². The maximum absolute atomic E-state index is 11.3. The first kappa shape index (κ1) is 10.5. The first-order valence-electron chi connectivity index (χ1n) is 4.63. The van der Waals surface area contributed by atoms with E-state index in [0.29, 0.717) is 13.1 Å². The Morgan fingerprint density at radius 2 is 2.23 bits per heavy atom. The van der Waals surface area contributed by atoms with Crippen molar-refractivity contribution in [2.45, 2.75) is 20.0 Å². The number of amides is 1. The smallest absolute Gasteiger partial charge is 0.248 e. The van der Waals surface area contributed by atoms with Crippen LogP contribution in [0.15, 0.2) is 0 Å². The van der Waals surface area contributed by atoms with Crippen LogP contribution in [0.25, 0.3) is 0 Å². The van der Waals surface area contributed by atoms with Crippen molar-refractivity contribution in [1.82, 2.24) is 4.90 Å². The second kappa shape index (κ2) is 4.58. The standard InChI is InChI=1S/C9H17NO3/c1-7(2)13-6-9(12)10-3-8(4-10)5-11/h7-8,11H,3-6H2,1-2H3. The highest BCUT2D eigenvalue weighted by molar-refractivity contribution is 5.78. The van der Waals surface area contributed by atoms with Gasteiger partial charge in [-0.25, -0.2) is 0 Å². The average Bonchev–Trinajstić information content (AvgIpc) is 1.99. The number of ether oxygens (including phenoxy) is 1. The molecule has 0 saturated carbocycles. The van der Waals surface area contributed by atoms with Crippen LogP contribution >= 0.6 is 0 Å². The molecule has 0 bridgehead atoms. The van der Waals surface area contributed by atoms with E-state index in [1.165, 1.54) is 0 Å². The van der Waals surface area contributed by atoms with Gasteiger partial charge in [0, 0.05) is 25.6 Å². The summed E-state index contributed by atoms with van der Waals surface area (Å²) in [6.45, 7) is 5.50. The topological polar surface area (TPSA) is 49.8 Å². The third-order valence-electron chi connectivity index (χ3n) is 2.11. The van der Waals surface area contributed by atoms with Crippen molar-refractivity contribution in [1.29, 1.82) is 0 Å². The van der Waals surface area contributed by atoms with E-state index >= 15 is 0 Å². The lowest BCUT2D eigenvalue weighted by Crippen LogP contribution is -2.52. The second-order valence-corrected chi connectivity index (χ2v) is 3.71. The highest BCUT2D eigenvalue weighted by Crippen LogP contribution is 2.14. The highest BCUT2D eigenvalue weighted by Gasteiger charge is 2.29. The van der Waals surface area contributed by atoms with Crippen LogP contribution in [-0.4, -0.2) is 48.3 Å². The molecule has 76 valence electrons. The quantitative estimate of drug-likeness (QED) is 0.666. The summed E-state index contributed by atoms with van der Waals surface area (Å²) in [6.07, 6.45) is 0.0962. The molecule has 1 fully saturated rings. The monoisotopic (exact) mass is 187 g/mol. The maximum Gasteiger partial charge on any atom is 0.248 e. The Bertz CT molecular complexity index is 176. The second-order valence-electron chi connectivity index (χ2n) is 3.71. The summed E-state index contributed by atoms with van der Waals surface area (Å²) in [7, 11) is 0. The Labute approximate surface area is 78.5 Å². The Morgan fingerprint density at radius 3 is 2.69 bits per heavy atom. The number of carbonyl (C=O) groups is 1. The molecule has 4 nitrogen and oxygen atoms in total. The molecule has 1 saturated heterocycles. The Balaban J connectivity index is 2.12. The van der Waals surface area contributed by atoms with E-state index in [0.717, 1.165) is 0 Å². The minimum Gasteiger partial charge on any atom is -0.396 e. The van der Waals surface area contributed by atoms with Crippen molar-refractivity contribution in [3.05, 3.63) is 0 Å². The van der Waals surface area contributed by atoms with Crippen molar-refractivity contribution in [3.63, 3.8) is 0 Å². The summed E-state index contributed by atoms with van der Waals surface area (Å²) >= 11 is 0. The van der Waals surface area contributed by atoms with E-state index in [-0.39, 0.29) is 31.1 Å². The fourth-order valence-electron chi connectivity index (χ4n) is 1.22. The third kappa shape index (κ3) is 2.97. The fourth-order valence-corrected chi connectivity index (χ4v) is 1.22. The predicted molar refractivity (Wildman–Crippen MR) is 48.2 cm³/mol. The number of aliphatic hydroxyl groups excluding tert-OH is 1. The van der Waals surface area contributed by atoms with Gasteiger partial charge in [-0.15, -0.1) is 0 Å². The lowest BCUT2D eigenvalue weighted by molar-refractivity contribution is -0.144. The van der Waals surface area contributed by atoms with E-state index in [2.05, 4.69) is 0 Å². The van der Waals surface area contributed by atoms with E-state index < -0.39 is 0 Å². The van der Waals surface area contributed by atoms with Crippen molar-refractivity contribution in [2.75, 3.05) is 26.3 Å². The van der Waals surface area contributed by atoms with E-state index in [1.54, 1.807) is 4.90 Å². The molecule has 0 unspecified atom stereocenters. The largest absolute Gasteiger partial charge is 0.396 e. The molecule has 13 heavy (non-hydrogen) atoms. The predicted octanol–water partition coefficient (Wildman–Crippen LogP) is -0.138. The first-order chi connectivity index (χ1) is 6.13. The molecule has 0 radical (unpaired) electrons. The van der Waals surface area contributed by atoms with Gasteiger partial charge in [0.25, 0.3) is 0 Å². The number of rotatable bonds is 4. The first-order valence-corrected chi connectivity index (χ1v) is 4.63. The summed E-state index contributed by atoms with van der Waals surface area (Å²) < 4.78 is 5.18. The number of aliphatic hydroxyl groups is 1. The number of hydrogen-bond donors (Lipinski definition) is 1. The van der Waals surface area contributed by atoms with Gasteiger partial charge in [-0.2, -0.15) is 0 Å². The number of hydrogen-bond acceptors (Lipinski definition) is 3. The third-order valence-corrected chi connectivity index (χ3v) is 2.11. The molecular formula is C9H17NO3. The summed E-state index contributed by atoms with van der Waals surface area (Å²) in [5, 5.41) is 8.73. The summed E-state index contributed by atoms with van der Waals surface area (Å²) in [4.78, 5) is 13.0. The van der Waals surface area contributed by atoms with Crippen LogP contribution < -0.4 is 0 Å². The van der Waals surface area contributed by atoms with Crippen LogP contribution in [0.2, 0.25) is 0 Å². The minimum absolute atomic E-state index is 0.0263. The molecule has 0 aliphatic carbocycles. The van der Waals surface area contributed by atoms with Crippen LogP contribution in [0.3, 0.4) is 0 Å². The van der Waals surface area contributed by atoms with Crippen LogP contribution in [-0.2, 0) is 9.53 Å². The normalized spacial score (nSPS) is 17.7. The van der Waals surface area contributed by atoms with E-state index in [9.17, 15) is 4.79 Å². The summed E-state index contributed by atoms with van der Waals surface area (Å²) in [6, 6.07) is 0. The molecule has 1 rings (SSSR count). The van der Waals surface area contributed by atoms with Gasteiger partial charge in [0.2, 0.25) is 5.91 Å². The molecule has 0 aromatic heterocycles. The Hall–Kier alpha value is -0.610. The van der Waals surface area contributed by atoms with Gasteiger partial charge >= 0.3 is 0 Å². The van der Waals surface area contributed by atoms with Gasteiger partial charge < -0.3 is 14.7 Å². The maximum atomic E-state index is 11.3.